The Morgan fingerprint density at radius 1 is 1.14 bits per heavy atom. The zero-order valence-corrected chi connectivity index (χ0v) is 14.1. The van der Waals surface area contributed by atoms with Gasteiger partial charge < -0.3 is 4.42 Å². The molecule has 0 atom stereocenters. The molecule has 0 unspecified atom stereocenters. The number of carbonyl (C=O) groups excluding carboxylic acids is 2. The van der Waals surface area contributed by atoms with Crippen LogP contribution in [0.5, 0.6) is 0 Å². The summed E-state index contributed by atoms with van der Waals surface area (Å²) in [5.41, 5.74) is 0.499. The summed E-state index contributed by atoms with van der Waals surface area (Å²) in [6.45, 7) is 0. The van der Waals surface area contributed by atoms with E-state index in [4.69, 9.17) is 16.0 Å². The lowest BCUT2D eigenvalue weighted by atomic mass is 10.3. The summed E-state index contributed by atoms with van der Waals surface area (Å²) in [5.74, 6) is 0.180. The number of rotatable bonds is 2. The summed E-state index contributed by atoms with van der Waals surface area (Å²) < 4.78 is 6.10. The molecule has 0 radical (unpaired) electrons. The molecular weight excluding hydrogens is 425 g/mol. The maximum Gasteiger partial charge on any atom is 0.298 e. The Bertz CT molecular complexity index is 754. The van der Waals surface area contributed by atoms with Gasteiger partial charge in [-0.05, 0) is 70.8 Å². The Labute approximate surface area is 143 Å². The Balaban J connectivity index is 1.92. The van der Waals surface area contributed by atoms with Crippen molar-refractivity contribution in [3.8, 4) is 0 Å². The van der Waals surface area contributed by atoms with Gasteiger partial charge >= 0.3 is 0 Å². The van der Waals surface area contributed by atoms with Crippen LogP contribution in [0.1, 0.15) is 5.76 Å². The quantitative estimate of drug-likeness (QED) is 0.507. The van der Waals surface area contributed by atoms with Gasteiger partial charge in [-0.1, -0.05) is 11.6 Å². The number of carbonyl (C=O) groups is 2. The number of halogens is 2. The summed E-state index contributed by atoms with van der Waals surface area (Å²) in [7, 11) is 0. The molecule has 0 N–H and O–H groups in total. The highest BCUT2D eigenvalue weighted by Gasteiger charge is 2.36. The van der Waals surface area contributed by atoms with Crippen LogP contribution in [0.3, 0.4) is 0 Å². The first-order chi connectivity index (χ1) is 10.0. The van der Waals surface area contributed by atoms with Gasteiger partial charge in [0.15, 0.2) is 3.77 Å². The fourth-order valence-corrected chi connectivity index (χ4v) is 3.20. The topological polar surface area (TPSA) is 50.5 Å². The van der Waals surface area contributed by atoms with Gasteiger partial charge in [0.05, 0.1) is 10.6 Å². The molecule has 106 valence electrons. The van der Waals surface area contributed by atoms with Crippen molar-refractivity contribution in [3.05, 3.63) is 55.9 Å². The van der Waals surface area contributed by atoms with E-state index in [1.165, 1.54) is 0 Å². The zero-order valence-electron chi connectivity index (χ0n) is 10.4. The molecule has 1 aromatic carbocycles. The Hall–Kier alpha value is -1.25. The predicted octanol–water partition coefficient (Wildman–Crippen LogP) is 4.78. The lowest BCUT2D eigenvalue weighted by molar-refractivity contribution is -0.113. The fraction of sp³-hybridized carbons (Fsp3) is 0. The number of thioether (sulfide) groups is 1. The summed E-state index contributed by atoms with van der Waals surface area (Å²) >= 11 is 8.73. The molecule has 2 heterocycles. The second-order valence-corrected chi connectivity index (χ2v) is 6.63. The lowest BCUT2D eigenvalue weighted by Gasteiger charge is -2.11. The van der Waals surface area contributed by atoms with Gasteiger partial charge in [-0.15, -0.1) is 0 Å². The van der Waals surface area contributed by atoms with Crippen LogP contribution in [0, 0.1) is 3.77 Å². The highest BCUT2D eigenvalue weighted by molar-refractivity contribution is 14.1. The van der Waals surface area contributed by atoms with Crippen LogP contribution in [0.15, 0.2) is 45.7 Å². The smallest absolute Gasteiger partial charge is 0.298 e. The third-order valence-corrected chi connectivity index (χ3v) is 4.45. The summed E-state index contributed by atoms with van der Waals surface area (Å²) in [6.07, 6.45) is 1.57. The molecule has 0 bridgehead atoms. The van der Waals surface area contributed by atoms with Gasteiger partial charge in [0, 0.05) is 11.1 Å². The van der Waals surface area contributed by atoms with Gasteiger partial charge in [-0.25, -0.2) is 4.90 Å². The number of amides is 2. The van der Waals surface area contributed by atoms with Gasteiger partial charge in [-0.3, -0.25) is 9.59 Å². The van der Waals surface area contributed by atoms with Crippen molar-refractivity contribution in [1.29, 1.82) is 0 Å². The van der Waals surface area contributed by atoms with Crippen LogP contribution in [0.4, 0.5) is 10.5 Å². The normalized spacial score (nSPS) is 17.0. The first-order valence-corrected chi connectivity index (χ1v) is 8.11. The SMILES string of the molecule is O=C1S/C(=C/c2ccc(I)o2)C(=O)N1c1ccc(Cl)cc1. The van der Waals surface area contributed by atoms with E-state index in [0.717, 1.165) is 20.4 Å². The van der Waals surface area contributed by atoms with Crippen molar-refractivity contribution in [2.24, 2.45) is 0 Å². The first kappa shape index (κ1) is 14.7. The average molecular weight is 432 g/mol. The maximum absolute atomic E-state index is 12.4. The number of nitrogens with zero attached hydrogens (tertiary/aromatic N) is 1. The van der Waals surface area contributed by atoms with Crippen molar-refractivity contribution >= 4 is 68.9 Å². The van der Waals surface area contributed by atoms with E-state index in [-0.39, 0.29) is 11.1 Å². The molecule has 0 aliphatic carbocycles. The lowest BCUT2D eigenvalue weighted by Crippen LogP contribution is -2.27. The van der Waals surface area contributed by atoms with E-state index in [2.05, 4.69) is 0 Å². The summed E-state index contributed by atoms with van der Waals surface area (Å²) in [5, 5.41) is 0.209. The van der Waals surface area contributed by atoms with E-state index < -0.39 is 0 Å². The van der Waals surface area contributed by atoms with Gasteiger partial charge in [-0.2, -0.15) is 0 Å². The molecule has 1 aliphatic rings. The number of furan rings is 1. The summed E-state index contributed by atoms with van der Waals surface area (Å²) in [6, 6.07) is 10.1. The number of hydrogen-bond acceptors (Lipinski definition) is 4. The zero-order chi connectivity index (χ0) is 15.0. The molecule has 1 aliphatic heterocycles. The summed E-state index contributed by atoms with van der Waals surface area (Å²) in [4.78, 5) is 25.8. The molecule has 0 spiro atoms. The molecule has 2 aromatic rings. The van der Waals surface area contributed by atoms with E-state index in [0.29, 0.717) is 21.4 Å². The second kappa shape index (κ2) is 5.86. The molecule has 1 saturated heterocycles. The van der Waals surface area contributed by atoms with E-state index in [1.54, 1.807) is 42.5 Å². The third-order valence-electron chi connectivity index (χ3n) is 2.75. The van der Waals surface area contributed by atoms with Crippen LogP contribution >= 0.6 is 46.0 Å². The highest BCUT2D eigenvalue weighted by atomic mass is 127. The van der Waals surface area contributed by atoms with Gasteiger partial charge in [0.25, 0.3) is 11.1 Å². The van der Waals surface area contributed by atoms with Crippen molar-refractivity contribution in [2.75, 3.05) is 4.90 Å². The van der Waals surface area contributed by atoms with E-state index >= 15 is 0 Å². The molecule has 3 rings (SSSR count). The Morgan fingerprint density at radius 3 is 2.48 bits per heavy atom. The van der Waals surface area contributed by atoms with Gasteiger partial charge in [0.2, 0.25) is 0 Å². The van der Waals surface area contributed by atoms with Crippen LogP contribution in [-0.4, -0.2) is 11.1 Å². The van der Waals surface area contributed by atoms with E-state index in [1.807, 2.05) is 22.6 Å². The van der Waals surface area contributed by atoms with Crippen molar-refractivity contribution in [2.45, 2.75) is 0 Å². The minimum Gasteiger partial charge on any atom is -0.451 e. The Kier molecular flexibility index (Phi) is 4.10. The second-order valence-electron chi connectivity index (χ2n) is 4.14. The monoisotopic (exact) mass is 431 g/mol. The molecular formula is C14H7ClINO3S. The molecule has 21 heavy (non-hydrogen) atoms. The minimum atomic E-state index is -0.362. The molecule has 2 amide bonds. The van der Waals surface area contributed by atoms with Crippen LogP contribution in [0.2, 0.25) is 5.02 Å². The van der Waals surface area contributed by atoms with Crippen LogP contribution in [-0.2, 0) is 4.79 Å². The van der Waals surface area contributed by atoms with Crippen LogP contribution in [0.25, 0.3) is 6.08 Å². The first-order valence-electron chi connectivity index (χ1n) is 5.83. The average Bonchev–Trinajstić information content (AvgIpc) is 2.96. The highest BCUT2D eigenvalue weighted by Crippen LogP contribution is 2.36. The van der Waals surface area contributed by atoms with Crippen molar-refractivity contribution in [3.63, 3.8) is 0 Å². The number of anilines is 1. The molecule has 0 saturated carbocycles. The standard InChI is InChI=1S/C14H7ClINO3S/c15-8-1-3-9(4-2-8)17-13(18)11(21-14(17)19)7-10-5-6-12(16)20-10/h1-7H/b11-7+. The fourth-order valence-electron chi connectivity index (χ4n) is 1.82. The Morgan fingerprint density at radius 2 is 1.86 bits per heavy atom. The maximum atomic E-state index is 12.4. The van der Waals surface area contributed by atoms with Gasteiger partial charge in [0.1, 0.15) is 5.76 Å². The molecule has 7 heteroatoms. The largest absolute Gasteiger partial charge is 0.451 e. The van der Waals surface area contributed by atoms with Crippen LogP contribution < -0.4 is 4.90 Å². The van der Waals surface area contributed by atoms with Crippen molar-refractivity contribution < 1.29 is 14.0 Å². The minimum absolute atomic E-state index is 0.334. The molecule has 1 fully saturated rings. The number of imide groups is 1. The molecule has 1 aromatic heterocycles. The number of hydrogen-bond donors (Lipinski definition) is 0. The van der Waals surface area contributed by atoms with E-state index in [9.17, 15) is 9.59 Å². The van der Waals surface area contributed by atoms with Crippen molar-refractivity contribution in [1.82, 2.24) is 0 Å². The molecule has 4 nitrogen and oxygen atoms in total. The third kappa shape index (κ3) is 3.02. The number of benzene rings is 1. The predicted molar refractivity (Wildman–Crippen MR) is 91.3 cm³/mol.